The van der Waals surface area contributed by atoms with Crippen LogP contribution >= 0.6 is 0 Å². The zero-order valence-corrected chi connectivity index (χ0v) is 14.3. The number of nitrogens with zero attached hydrogens (tertiary/aromatic N) is 2. The van der Waals surface area contributed by atoms with Gasteiger partial charge in [0.15, 0.2) is 0 Å². The van der Waals surface area contributed by atoms with Gasteiger partial charge in [0.05, 0.1) is 12.7 Å². The lowest BCUT2D eigenvalue weighted by Crippen LogP contribution is -2.30. The monoisotopic (exact) mass is 314 g/mol. The molecule has 1 heterocycles. The summed E-state index contributed by atoms with van der Waals surface area (Å²) in [6.45, 7) is 8.58. The second-order valence-corrected chi connectivity index (χ2v) is 6.05. The van der Waals surface area contributed by atoms with E-state index in [1.165, 1.54) is 5.56 Å². The minimum atomic E-state index is -0.0404. The maximum atomic E-state index is 12.1. The molecule has 5 nitrogen and oxygen atoms in total. The van der Waals surface area contributed by atoms with Gasteiger partial charge in [0.2, 0.25) is 5.91 Å². The number of amides is 1. The van der Waals surface area contributed by atoms with Crippen LogP contribution in [-0.2, 0) is 11.2 Å². The van der Waals surface area contributed by atoms with E-state index in [1.54, 1.807) is 0 Å². The summed E-state index contributed by atoms with van der Waals surface area (Å²) in [5.41, 5.74) is 3.14. The van der Waals surface area contributed by atoms with Crippen molar-refractivity contribution in [2.24, 2.45) is 0 Å². The van der Waals surface area contributed by atoms with Gasteiger partial charge in [-0.2, -0.15) is 5.10 Å². The number of carbonyl (C=O) groups is 1. The predicted octanol–water partition coefficient (Wildman–Crippen LogP) is 3.32. The zero-order valence-electron chi connectivity index (χ0n) is 14.3. The number of hydrogen-bond acceptors (Lipinski definition) is 3. The van der Waals surface area contributed by atoms with Crippen molar-refractivity contribution in [2.75, 3.05) is 11.9 Å². The van der Waals surface area contributed by atoms with E-state index >= 15 is 0 Å². The average molecular weight is 314 g/mol. The molecule has 0 saturated carbocycles. The number of benzene rings is 1. The van der Waals surface area contributed by atoms with E-state index in [-0.39, 0.29) is 18.5 Å². The van der Waals surface area contributed by atoms with Crippen LogP contribution in [0.2, 0.25) is 0 Å². The first kappa shape index (κ1) is 17.2. The summed E-state index contributed by atoms with van der Waals surface area (Å²) < 4.78 is 1.92. The molecule has 1 amide bonds. The molecule has 0 aliphatic carbocycles. The van der Waals surface area contributed by atoms with Gasteiger partial charge < -0.3 is 10.6 Å². The number of anilines is 1. The van der Waals surface area contributed by atoms with Crippen molar-refractivity contribution in [2.45, 2.75) is 46.2 Å². The Kier molecular flexibility index (Phi) is 5.93. The maximum absolute atomic E-state index is 12.1. The van der Waals surface area contributed by atoms with Crippen LogP contribution in [0.5, 0.6) is 0 Å². The van der Waals surface area contributed by atoms with Gasteiger partial charge in [-0.25, -0.2) is 0 Å². The van der Waals surface area contributed by atoms with Gasteiger partial charge in [-0.3, -0.25) is 9.48 Å². The van der Waals surface area contributed by atoms with Crippen molar-refractivity contribution in [1.82, 2.24) is 15.1 Å². The third-order valence-electron chi connectivity index (χ3n) is 3.84. The van der Waals surface area contributed by atoms with E-state index in [0.29, 0.717) is 6.04 Å². The van der Waals surface area contributed by atoms with Crippen LogP contribution in [0.3, 0.4) is 0 Å². The first-order valence-electron chi connectivity index (χ1n) is 8.15. The predicted molar refractivity (Wildman–Crippen MR) is 93.5 cm³/mol. The second-order valence-electron chi connectivity index (χ2n) is 6.05. The minimum absolute atomic E-state index is 0.0404. The van der Waals surface area contributed by atoms with Crippen molar-refractivity contribution >= 4 is 11.6 Å². The molecule has 1 atom stereocenters. The van der Waals surface area contributed by atoms with Crippen molar-refractivity contribution in [3.63, 3.8) is 0 Å². The fourth-order valence-electron chi connectivity index (χ4n) is 2.30. The molecule has 0 saturated heterocycles. The summed E-state index contributed by atoms with van der Waals surface area (Å²) in [5, 5.41) is 10.5. The highest BCUT2D eigenvalue weighted by Gasteiger charge is 2.11. The first-order valence-corrected chi connectivity index (χ1v) is 8.15. The highest BCUT2D eigenvalue weighted by Crippen LogP contribution is 2.14. The van der Waals surface area contributed by atoms with Crippen LogP contribution in [0.4, 0.5) is 5.69 Å². The Labute approximate surface area is 138 Å². The van der Waals surface area contributed by atoms with Crippen LogP contribution in [0.25, 0.3) is 0 Å². The Morgan fingerprint density at radius 2 is 2.09 bits per heavy atom. The van der Waals surface area contributed by atoms with Gasteiger partial charge in [-0.1, -0.05) is 19.1 Å². The minimum Gasteiger partial charge on any atom is -0.325 e. The van der Waals surface area contributed by atoms with Crippen molar-refractivity contribution in [3.8, 4) is 0 Å². The van der Waals surface area contributed by atoms with Gasteiger partial charge >= 0.3 is 0 Å². The molecule has 1 aromatic heterocycles. The largest absolute Gasteiger partial charge is 0.325 e. The Morgan fingerprint density at radius 1 is 1.30 bits per heavy atom. The van der Waals surface area contributed by atoms with Crippen LogP contribution in [0.15, 0.2) is 36.7 Å². The summed E-state index contributed by atoms with van der Waals surface area (Å²) in [4.78, 5) is 12.1. The number of aromatic nitrogens is 2. The van der Waals surface area contributed by atoms with E-state index in [0.717, 1.165) is 17.7 Å². The Balaban J connectivity index is 1.85. The van der Waals surface area contributed by atoms with Crippen LogP contribution in [0, 0.1) is 0 Å². The molecular weight excluding hydrogens is 288 g/mol. The summed E-state index contributed by atoms with van der Waals surface area (Å²) >= 11 is 0. The van der Waals surface area contributed by atoms with E-state index in [9.17, 15) is 4.79 Å². The fraction of sp³-hybridized carbons (Fsp3) is 0.444. The number of nitrogens with one attached hydrogen (secondary N) is 2. The van der Waals surface area contributed by atoms with Crippen molar-refractivity contribution in [3.05, 3.63) is 47.8 Å². The van der Waals surface area contributed by atoms with Gasteiger partial charge in [0, 0.05) is 29.5 Å². The molecule has 0 aliphatic rings. The number of carbonyl (C=O) groups excluding carboxylic acids is 1. The fourth-order valence-corrected chi connectivity index (χ4v) is 2.30. The molecule has 23 heavy (non-hydrogen) atoms. The third kappa shape index (κ3) is 4.93. The molecule has 0 bridgehead atoms. The molecule has 0 radical (unpaired) electrons. The highest BCUT2D eigenvalue weighted by atomic mass is 16.1. The van der Waals surface area contributed by atoms with E-state index in [1.807, 2.05) is 42.2 Å². The second kappa shape index (κ2) is 7.92. The molecule has 2 N–H and O–H groups in total. The standard InChI is InChI=1S/C18H26N4O/c1-5-15-7-6-8-17(9-15)21-18(23)11-19-14(4)16-10-20-22(12-16)13(2)3/h6-10,12-14,19H,5,11H2,1-4H3,(H,21,23). The van der Waals surface area contributed by atoms with Gasteiger partial charge in [0.25, 0.3) is 0 Å². The Morgan fingerprint density at radius 3 is 2.74 bits per heavy atom. The van der Waals surface area contributed by atoms with Gasteiger partial charge in [0.1, 0.15) is 0 Å². The van der Waals surface area contributed by atoms with Crippen LogP contribution < -0.4 is 10.6 Å². The highest BCUT2D eigenvalue weighted by molar-refractivity contribution is 5.92. The normalized spacial score (nSPS) is 12.4. The lowest BCUT2D eigenvalue weighted by Gasteiger charge is -2.12. The smallest absolute Gasteiger partial charge is 0.238 e. The Bertz CT molecular complexity index is 648. The summed E-state index contributed by atoms with van der Waals surface area (Å²) in [7, 11) is 0. The topological polar surface area (TPSA) is 59.0 Å². The summed E-state index contributed by atoms with van der Waals surface area (Å²) in [6, 6.07) is 8.36. The maximum Gasteiger partial charge on any atom is 0.238 e. The molecule has 0 fully saturated rings. The van der Waals surface area contributed by atoms with E-state index in [2.05, 4.69) is 42.6 Å². The molecule has 2 rings (SSSR count). The lowest BCUT2D eigenvalue weighted by molar-refractivity contribution is -0.115. The van der Waals surface area contributed by atoms with Gasteiger partial charge in [-0.15, -0.1) is 0 Å². The molecule has 124 valence electrons. The molecule has 5 heteroatoms. The molecule has 2 aromatic rings. The number of rotatable bonds is 7. The quantitative estimate of drug-likeness (QED) is 0.824. The SMILES string of the molecule is CCc1cccc(NC(=O)CNC(C)c2cnn(C(C)C)c2)c1. The first-order chi connectivity index (χ1) is 11.0. The number of aryl methyl sites for hydroxylation is 1. The zero-order chi connectivity index (χ0) is 16.8. The number of hydrogen-bond donors (Lipinski definition) is 2. The van der Waals surface area contributed by atoms with E-state index in [4.69, 9.17) is 0 Å². The molecule has 0 aliphatic heterocycles. The summed E-state index contributed by atoms with van der Waals surface area (Å²) in [6.07, 6.45) is 4.82. The van der Waals surface area contributed by atoms with Crippen LogP contribution in [-0.4, -0.2) is 22.2 Å². The molecule has 0 spiro atoms. The molecule has 1 unspecified atom stereocenters. The lowest BCUT2D eigenvalue weighted by atomic mass is 10.1. The Hall–Kier alpha value is -2.14. The molecular formula is C18H26N4O. The third-order valence-corrected chi connectivity index (χ3v) is 3.84. The summed E-state index contributed by atoms with van der Waals surface area (Å²) in [5.74, 6) is -0.0404. The van der Waals surface area contributed by atoms with Crippen molar-refractivity contribution < 1.29 is 4.79 Å². The van der Waals surface area contributed by atoms with Gasteiger partial charge in [-0.05, 0) is 44.9 Å². The van der Waals surface area contributed by atoms with E-state index < -0.39 is 0 Å². The average Bonchev–Trinajstić information content (AvgIpc) is 3.03. The molecule has 1 aromatic carbocycles. The van der Waals surface area contributed by atoms with Crippen LogP contribution in [0.1, 0.15) is 50.9 Å². The van der Waals surface area contributed by atoms with Crippen molar-refractivity contribution in [1.29, 1.82) is 0 Å².